The molecule has 136 valence electrons. The van der Waals surface area contributed by atoms with Crippen LogP contribution in [0, 0.1) is 0 Å². The van der Waals surface area contributed by atoms with Crippen molar-refractivity contribution >= 4 is 16.1 Å². The molecule has 2 atom stereocenters. The van der Waals surface area contributed by atoms with Gasteiger partial charge in [0.25, 0.3) is 0 Å². The summed E-state index contributed by atoms with van der Waals surface area (Å²) in [5.41, 5.74) is 0.954. The van der Waals surface area contributed by atoms with Crippen LogP contribution in [0.15, 0.2) is 55.0 Å². The smallest absolute Gasteiger partial charge is 0.407 e. The molecule has 1 amide bonds. The van der Waals surface area contributed by atoms with Crippen LogP contribution in [0.4, 0.5) is 4.79 Å². The van der Waals surface area contributed by atoms with Gasteiger partial charge < -0.3 is 9.84 Å². The topological polar surface area (TPSA) is 87.2 Å². The summed E-state index contributed by atoms with van der Waals surface area (Å²) in [5, 5.41) is 10.2. The van der Waals surface area contributed by atoms with E-state index in [1.807, 2.05) is 30.3 Å². The standard InChI is InChI=1S/C17H22N2O5S/c1-3-15-11-19(25(22,23)4-2)16(10-18(15)17(20)21)13-24-12-14-8-6-5-7-9-14/h3-9,15-16H,1-2,10-13H2,(H,20,21). The lowest BCUT2D eigenvalue weighted by Gasteiger charge is -2.42. The quantitative estimate of drug-likeness (QED) is 0.745. The number of benzene rings is 1. The number of carbonyl (C=O) groups is 1. The number of carboxylic acid groups (broad SMARTS) is 1. The van der Waals surface area contributed by atoms with E-state index in [0.717, 1.165) is 11.0 Å². The highest BCUT2D eigenvalue weighted by Gasteiger charge is 2.39. The second kappa shape index (κ2) is 8.28. The molecule has 0 radical (unpaired) electrons. The third-order valence-electron chi connectivity index (χ3n) is 4.06. The van der Waals surface area contributed by atoms with E-state index in [1.165, 1.54) is 15.3 Å². The van der Waals surface area contributed by atoms with Crippen molar-refractivity contribution in [2.75, 3.05) is 19.7 Å². The lowest BCUT2D eigenvalue weighted by atomic mass is 10.1. The summed E-state index contributed by atoms with van der Waals surface area (Å²) in [6.07, 6.45) is 0.314. The number of ether oxygens (including phenoxy) is 1. The van der Waals surface area contributed by atoms with Gasteiger partial charge in [-0.15, -0.1) is 6.58 Å². The maximum absolute atomic E-state index is 12.3. The Kier molecular flexibility index (Phi) is 6.35. The van der Waals surface area contributed by atoms with Crippen LogP contribution < -0.4 is 0 Å². The van der Waals surface area contributed by atoms with Crippen LogP contribution in [-0.2, 0) is 21.4 Å². The van der Waals surface area contributed by atoms with Crippen LogP contribution in [0.1, 0.15) is 5.56 Å². The van der Waals surface area contributed by atoms with E-state index in [-0.39, 0.29) is 19.7 Å². The first-order valence-corrected chi connectivity index (χ1v) is 9.27. The largest absolute Gasteiger partial charge is 0.465 e. The Morgan fingerprint density at radius 1 is 1.28 bits per heavy atom. The first kappa shape index (κ1) is 19.2. The molecule has 2 unspecified atom stereocenters. The molecule has 1 aliphatic heterocycles. The van der Waals surface area contributed by atoms with Crippen molar-refractivity contribution in [3.63, 3.8) is 0 Å². The summed E-state index contributed by atoms with van der Waals surface area (Å²) < 4.78 is 31.4. The first-order valence-electron chi connectivity index (χ1n) is 7.77. The molecule has 1 aromatic carbocycles. The van der Waals surface area contributed by atoms with E-state index in [2.05, 4.69) is 13.2 Å². The number of nitrogens with zero attached hydrogens (tertiary/aromatic N) is 2. The average molecular weight is 366 g/mol. The van der Waals surface area contributed by atoms with Crippen molar-refractivity contribution in [2.45, 2.75) is 18.7 Å². The molecule has 25 heavy (non-hydrogen) atoms. The highest BCUT2D eigenvalue weighted by molar-refractivity contribution is 7.92. The fraction of sp³-hybridized carbons (Fsp3) is 0.353. The Hall–Kier alpha value is -2.16. The molecule has 1 fully saturated rings. The highest BCUT2D eigenvalue weighted by atomic mass is 32.2. The Morgan fingerprint density at radius 3 is 2.52 bits per heavy atom. The van der Waals surface area contributed by atoms with Crippen molar-refractivity contribution < 1.29 is 23.1 Å². The predicted octanol–water partition coefficient (Wildman–Crippen LogP) is 1.90. The maximum atomic E-state index is 12.3. The minimum atomic E-state index is -3.71. The summed E-state index contributed by atoms with van der Waals surface area (Å²) in [6, 6.07) is 8.22. The van der Waals surface area contributed by atoms with E-state index in [4.69, 9.17) is 4.74 Å². The van der Waals surface area contributed by atoms with Crippen molar-refractivity contribution in [1.82, 2.24) is 9.21 Å². The fourth-order valence-electron chi connectivity index (χ4n) is 2.74. The normalized spacial score (nSPS) is 21.7. The SMILES string of the molecule is C=CC1CN(S(=O)(=O)C=C)C(COCc2ccccc2)CN1C(=O)O. The predicted molar refractivity (Wildman–Crippen MR) is 94.4 cm³/mol. The molecule has 1 heterocycles. The summed E-state index contributed by atoms with van der Waals surface area (Å²) >= 11 is 0. The van der Waals surface area contributed by atoms with Gasteiger partial charge in [-0.3, -0.25) is 4.90 Å². The zero-order chi connectivity index (χ0) is 18.4. The van der Waals surface area contributed by atoms with E-state index in [1.54, 1.807) is 0 Å². The average Bonchev–Trinajstić information content (AvgIpc) is 2.62. The molecule has 8 heteroatoms. The number of rotatable bonds is 7. The summed E-state index contributed by atoms with van der Waals surface area (Å²) in [4.78, 5) is 12.6. The molecule has 2 rings (SSSR count). The van der Waals surface area contributed by atoms with Gasteiger partial charge in [0.2, 0.25) is 10.0 Å². The van der Waals surface area contributed by atoms with Crippen LogP contribution >= 0.6 is 0 Å². The van der Waals surface area contributed by atoms with Crippen molar-refractivity contribution in [1.29, 1.82) is 0 Å². The van der Waals surface area contributed by atoms with Gasteiger partial charge in [0, 0.05) is 18.5 Å². The lowest BCUT2D eigenvalue weighted by Crippen LogP contribution is -2.61. The molecule has 1 aromatic rings. The maximum Gasteiger partial charge on any atom is 0.407 e. The van der Waals surface area contributed by atoms with E-state index >= 15 is 0 Å². The van der Waals surface area contributed by atoms with Gasteiger partial charge in [0.05, 0.1) is 25.3 Å². The van der Waals surface area contributed by atoms with E-state index in [0.29, 0.717) is 6.61 Å². The van der Waals surface area contributed by atoms with Crippen molar-refractivity contribution in [3.05, 3.63) is 60.5 Å². The van der Waals surface area contributed by atoms with Gasteiger partial charge in [-0.2, -0.15) is 4.31 Å². The Labute approximate surface area is 147 Å². The van der Waals surface area contributed by atoms with Crippen molar-refractivity contribution in [3.8, 4) is 0 Å². The molecule has 0 bridgehead atoms. The molecule has 1 saturated heterocycles. The van der Waals surface area contributed by atoms with Crippen LogP contribution in [0.2, 0.25) is 0 Å². The minimum Gasteiger partial charge on any atom is -0.465 e. The van der Waals surface area contributed by atoms with Crippen LogP contribution in [0.5, 0.6) is 0 Å². The molecule has 7 nitrogen and oxygen atoms in total. The van der Waals surface area contributed by atoms with Crippen LogP contribution in [0.3, 0.4) is 0 Å². The fourth-order valence-corrected chi connectivity index (χ4v) is 3.83. The van der Waals surface area contributed by atoms with E-state index < -0.39 is 28.2 Å². The number of hydrogen-bond donors (Lipinski definition) is 1. The second-order valence-electron chi connectivity index (χ2n) is 5.67. The monoisotopic (exact) mass is 366 g/mol. The molecule has 0 spiro atoms. The molecule has 0 aromatic heterocycles. The number of sulfonamides is 1. The zero-order valence-electron chi connectivity index (χ0n) is 13.8. The molecular formula is C17H22N2O5S. The highest BCUT2D eigenvalue weighted by Crippen LogP contribution is 2.21. The molecule has 1 aliphatic rings. The zero-order valence-corrected chi connectivity index (χ0v) is 14.6. The van der Waals surface area contributed by atoms with Crippen LogP contribution in [0.25, 0.3) is 0 Å². The van der Waals surface area contributed by atoms with E-state index in [9.17, 15) is 18.3 Å². The Morgan fingerprint density at radius 2 is 1.96 bits per heavy atom. The number of piperazine rings is 1. The molecule has 0 aliphatic carbocycles. The minimum absolute atomic E-state index is 0.00782. The van der Waals surface area contributed by atoms with Crippen LogP contribution in [-0.4, -0.2) is 60.6 Å². The van der Waals surface area contributed by atoms with Crippen molar-refractivity contribution in [2.24, 2.45) is 0 Å². The van der Waals surface area contributed by atoms with Gasteiger partial charge in [-0.1, -0.05) is 43.0 Å². The molecule has 0 saturated carbocycles. The lowest BCUT2D eigenvalue weighted by molar-refractivity contribution is 0.0283. The number of amides is 1. The van der Waals surface area contributed by atoms with Gasteiger partial charge >= 0.3 is 6.09 Å². The van der Waals surface area contributed by atoms with Gasteiger partial charge in [0.1, 0.15) is 0 Å². The first-order chi connectivity index (χ1) is 11.9. The van der Waals surface area contributed by atoms with Gasteiger partial charge in [-0.25, -0.2) is 13.2 Å². The number of hydrogen-bond acceptors (Lipinski definition) is 4. The summed E-state index contributed by atoms with van der Waals surface area (Å²) in [5.74, 6) is 0. The summed E-state index contributed by atoms with van der Waals surface area (Å²) in [7, 11) is -3.71. The Balaban J connectivity index is 2.13. The molecular weight excluding hydrogens is 344 g/mol. The van der Waals surface area contributed by atoms with Gasteiger partial charge in [0.15, 0.2) is 0 Å². The summed E-state index contributed by atoms with van der Waals surface area (Å²) in [6.45, 7) is 7.34. The third-order valence-corrected chi connectivity index (χ3v) is 5.58. The van der Waals surface area contributed by atoms with Gasteiger partial charge in [-0.05, 0) is 5.56 Å². The molecule has 1 N–H and O–H groups in total. The second-order valence-corrected chi connectivity index (χ2v) is 7.51. The third kappa shape index (κ3) is 4.68. The Bertz CT molecular complexity index is 720.